The number of hydrogen-bond acceptors (Lipinski definition) is 4. The highest BCUT2D eigenvalue weighted by Crippen LogP contribution is 2.05. The van der Waals surface area contributed by atoms with E-state index in [0.717, 1.165) is 19.4 Å². The minimum absolute atomic E-state index is 0.0146. The fourth-order valence-electron chi connectivity index (χ4n) is 1.76. The third kappa shape index (κ3) is 6.89. The van der Waals surface area contributed by atoms with E-state index in [2.05, 4.69) is 27.0 Å². The summed E-state index contributed by atoms with van der Waals surface area (Å²) >= 11 is 0. The van der Waals surface area contributed by atoms with Gasteiger partial charge in [0.1, 0.15) is 0 Å². The molecule has 0 aromatic carbocycles. The Hall–Kier alpha value is -1.90. The van der Waals surface area contributed by atoms with Crippen LogP contribution in [0.3, 0.4) is 0 Å². The van der Waals surface area contributed by atoms with E-state index < -0.39 is 0 Å². The highest BCUT2D eigenvalue weighted by Gasteiger charge is 2.09. The molecule has 1 aromatic heterocycles. The summed E-state index contributed by atoms with van der Waals surface area (Å²) in [4.78, 5) is 18.2. The van der Waals surface area contributed by atoms with Crippen LogP contribution in [0, 0.1) is 11.8 Å². The van der Waals surface area contributed by atoms with Gasteiger partial charge in [-0.25, -0.2) is 0 Å². The monoisotopic (exact) mass is 289 g/mol. The molecule has 1 heterocycles. The Morgan fingerprint density at radius 2 is 2.24 bits per heavy atom. The van der Waals surface area contributed by atoms with Crippen LogP contribution in [0.4, 0.5) is 0 Å². The van der Waals surface area contributed by atoms with Crippen molar-refractivity contribution in [3.05, 3.63) is 29.6 Å². The maximum atomic E-state index is 12.1. The standard InChI is InChI=1S/C16H23N3O2/c1-19(2)11-5-4-9-18-16(21)15-8-10-17-13-14(15)7-3-6-12-20/h8,10,13,20H,4-6,9,11-12H2,1-2H3,(H,18,21). The Bertz CT molecular complexity index is 504. The van der Waals surface area contributed by atoms with Gasteiger partial charge in [-0.3, -0.25) is 9.78 Å². The van der Waals surface area contributed by atoms with Gasteiger partial charge in [0.15, 0.2) is 0 Å². The third-order valence-corrected chi connectivity index (χ3v) is 2.84. The fourth-order valence-corrected chi connectivity index (χ4v) is 1.76. The molecule has 0 aliphatic rings. The Kier molecular flexibility index (Phi) is 8.10. The normalized spacial score (nSPS) is 10.1. The second-order valence-electron chi connectivity index (χ2n) is 4.96. The Labute approximate surface area is 126 Å². The van der Waals surface area contributed by atoms with Crippen molar-refractivity contribution in [3.63, 3.8) is 0 Å². The van der Waals surface area contributed by atoms with E-state index in [9.17, 15) is 4.79 Å². The van der Waals surface area contributed by atoms with E-state index in [0.29, 0.717) is 24.1 Å². The number of aromatic nitrogens is 1. The zero-order valence-electron chi connectivity index (χ0n) is 12.7. The molecule has 1 rings (SSSR count). The van der Waals surface area contributed by atoms with Crippen LogP contribution in [0.25, 0.3) is 0 Å². The van der Waals surface area contributed by atoms with E-state index in [1.807, 2.05) is 14.1 Å². The number of carbonyl (C=O) groups excluding carboxylic acids is 1. The second-order valence-corrected chi connectivity index (χ2v) is 4.96. The van der Waals surface area contributed by atoms with Crippen LogP contribution in [0.15, 0.2) is 18.5 Å². The molecule has 0 bridgehead atoms. The molecule has 5 heteroatoms. The molecular formula is C16H23N3O2. The smallest absolute Gasteiger partial charge is 0.252 e. The van der Waals surface area contributed by atoms with Crippen molar-refractivity contribution < 1.29 is 9.90 Å². The number of nitrogens with zero attached hydrogens (tertiary/aromatic N) is 2. The predicted molar refractivity (Wildman–Crippen MR) is 82.9 cm³/mol. The number of hydrogen-bond donors (Lipinski definition) is 2. The van der Waals surface area contributed by atoms with E-state index in [4.69, 9.17) is 5.11 Å². The van der Waals surface area contributed by atoms with Gasteiger partial charge in [0.2, 0.25) is 0 Å². The highest BCUT2D eigenvalue weighted by atomic mass is 16.2. The van der Waals surface area contributed by atoms with Crippen LogP contribution in [0.1, 0.15) is 35.2 Å². The number of aliphatic hydroxyl groups is 1. The van der Waals surface area contributed by atoms with Crippen molar-refractivity contribution in [3.8, 4) is 11.8 Å². The number of unbranched alkanes of at least 4 members (excludes halogenated alkanes) is 1. The maximum absolute atomic E-state index is 12.1. The number of nitrogens with one attached hydrogen (secondary N) is 1. The lowest BCUT2D eigenvalue weighted by Crippen LogP contribution is -2.26. The molecule has 0 unspecified atom stereocenters. The van der Waals surface area contributed by atoms with E-state index >= 15 is 0 Å². The second kappa shape index (κ2) is 9.92. The molecule has 5 nitrogen and oxygen atoms in total. The molecule has 1 aromatic rings. The molecule has 114 valence electrons. The van der Waals surface area contributed by atoms with Crippen molar-refractivity contribution in [2.24, 2.45) is 0 Å². The average molecular weight is 289 g/mol. The first-order valence-electron chi connectivity index (χ1n) is 7.12. The molecule has 0 fully saturated rings. The summed E-state index contributed by atoms with van der Waals surface area (Å²) in [6.07, 6.45) is 5.54. The lowest BCUT2D eigenvalue weighted by Gasteiger charge is -2.10. The minimum Gasteiger partial charge on any atom is -0.395 e. The maximum Gasteiger partial charge on any atom is 0.252 e. The van der Waals surface area contributed by atoms with E-state index in [-0.39, 0.29) is 12.5 Å². The molecular weight excluding hydrogens is 266 g/mol. The lowest BCUT2D eigenvalue weighted by atomic mass is 10.1. The van der Waals surface area contributed by atoms with Gasteiger partial charge >= 0.3 is 0 Å². The number of carbonyl (C=O) groups is 1. The largest absolute Gasteiger partial charge is 0.395 e. The lowest BCUT2D eigenvalue weighted by molar-refractivity contribution is 0.0952. The molecule has 0 aliphatic carbocycles. The topological polar surface area (TPSA) is 65.5 Å². The summed E-state index contributed by atoms with van der Waals surface area (Å²) in [5, 5.41) is 11.6. The van der Waals surface area contributed by atoms with Crippen LogP contribution >= 0.6 is 0 Å². The summed E-state index contributed by atoms with van der Waals surface area (Å²) in [6, 6.07) is 1.66. The molecule has 2 N–H and O–H groups in total. The molecule has 1 amide bonds. The summed E-state index contributed by atoms with van der Waals surface area (Å²) in [6.45, 7) is 1.68. The van der Waals surface area contributed by atoms with Crippen LogP contribution in [-0.2, 0) is 0 Å². The van der Waals surface area contributed by atoms with Gasteiger partial charge in [-0.1, -0.05) is 11.8 Å². The summed E-state index contributed by atoms with van der Waals surface area (Å²) in [5.41, 5.74) is 1.12. The minimum atomic E-state index is -0.129. The zero-order valence-corrected chi connectivity index (χ0v) is 12.7. The third-order valence-electron chi connectivity index (χ3n) is 2.84. The SMILES string of the molecule is CN(C)CCCCNC(=O)c1ccncc1C#CCCO. The first kappa shape index (κ1) is 17.2. The van der Waals surface area contributed by atoms with Crippen LogP contribution in [-0.4, -0.2) is 54.7 Å². The average Bonchev–Trinajstić information content (AvgIpc) is 2.47. The van der Waals surface area contributed by atoms with Gasteiger partial charge in [0, 0.05) is 25.4 Å². The number of pyridine rings is 1. The molecule has 0 atom stereocenters. The fraction of sp³-hybridized carbons (Fsp3) is 0.500. The van der Waals surface area contributed by atoms with Gasteiger partial charge in [0.05, 0.1) is 17.7 Å². The van der Waals surface area contributed by atoms with Gasteiger partial charge in [-0.05, 0) is 39.5 Å². The van der Waals surface area contributed by atoms with Crippen LogP contribution < -0.4 is 5.32 Å². The number of rotatable bonds is 7. The quantitative estimate of drug-likeness (QED) is 0.578. The van der Waals surface area contributed by atoms with Gasteiger partial charge in [-0.15, -0.1) is 0 Å². The molecule has 0 radical (unpaired) electrons. The first-order valence-corrected chi connectivity index (χ1v) is 7.12. The molecule has 21 heavy (non-hydrogen) atoms. The van der Waals surface area contributed by atoms with Crippen LogP contribution in [0.5, 0.6) is 0 Å². The predicted octanol–water partition coefficient (Wildman–Crippen LogP) is 0.887. The van der Waals surface area contributed by atoms with Crippen LogP contribution in [0.2, 0.25) is 0 Å². The number of amides is 1. The molecule has 0 saturated carbocycles. The van der Waals surface area contributed by atoms with Gasteiger partial charge < -0.3 is 15.3 Å². The molecule has 0 spiro atoms. The van der Waals surface area contributed by atoms with E-state index in [1.54, 1.807) is 18.5 Å². The zero-order chi connectivity index (χ0) is 15.5. The van der Waals surface area contributed by atoms with Crippen molar-refractivity contribution >= 4 is 5.91 Å². The Morgan fingerprint density at radius 1 is 1.43 bits per heavy atom. The molecule has 0 aliphatic heterocycles. The van der Waals surface area contributed by atoms with E-state index in [1.165, 1.54) is 0 Å². The summed E-state index contributed by atoms with van der Waals surface area (Å²) < 4.78 is 0. The van der Waals surface area contributed by atoms with Crippen molar-refractivity contribution in [2.75, 3.05) is 33.8 Å². The van der Waals surface area contributed by atoms with Crippen molar-refractivity contribution in [2.45, 2.75) is 19.3 Å². The van der Waals surface area contributed by atoms with Gasteiger partial charge in [0.25, 0.3) is 5.91 Å². The summed E-state index contributed by atoms with van der Waals surface area (Å²) in [5.74, 6) is 5.55. The highest BCUT2D eigenvalue weighted by molar-refractivity contribution is 5.96. The summed E-state index contributed by atoms with van der Waals surface area (Å²) in [7, 11) is 4.07. The van der Waals surface area contributed by atoms with Crippen molar-refractivity contribution in [1.29, 1.82) is 0 Å². The molecule has 0 saturated heterocycles. The number of aliphatic hydroxyl groups excluding tert-OH is 1. The Balaban J connectivity index is 2.52. The Morgan fingerprint density at radius 3 is 2.95 bits per heavy atom. The van der Waals surface area contributed by atoms with Crippen molar-refractivity contribution in [1.82, 2.24) is 15.2 Å². The van der Waals surface area contributed by atoms with Gasteiger partial charge in [-0.2, -0.15) is 0 Å². The first-order chi connectivity index (χ1) is 10.1.